The van der Waals surface area contributed by atoms with Crippen molar-refractivity contribution in [3.8, 4) is 0 Å². The fourth-order valence-electron chi connectivity index (χ4n) is 2.52. The van der Waals surface area contributed by atoms with Crippen LogP contribution < -0.4 is 4.57 Å². The molecular formula is C20H18BrN2O5+. The molecule has 0 saturated heterocycles. The second-order valence-corrected chi connectivity index (χ2v) is 5.68. The van der Waals surface area contributed by atoms with Gasteiger partial charge in [-0.05, 0) is 0 Å². The number of aromatic nitrogens is 1. The van der Waals surface area contributed by atoms with Crippen molar-refractivity contribution in [1.82, 2.24) is 0 Å². The van der Waals surface area contributed by atoms with E-state index in [1.54, 1.807) is 59.4 Å². The van der Waals surface area contributed by atoms with Gasteiger partial charge in [0.1, 0.15) is 0 Å². The highest BCUT2D eigenvalue weighted by molar-refractivity contribution is 8.93. The lowest BCUT2D eigenvalue weighted by atomic mass is 10.0. The van der Waals surface area contributed by atoms with Crippen LogP contribution in [-0.4, -0.2) is 22.0 Å². The molecule has 0 radical (unpaired) electrons. The number of nitro benzene ring substituents is 1. The number of carbonyl (C=O) groups excluding carboxylic acids is 2. The van der Waals surface area contributed by atoms with Crippen LogP contribution in [0.5, 0.6) is 0 Å². The molecule has 0 unspecified atom stereocenters. The van der Waals surface area contributed by atoms with Crippen molar-refractivity contribution in [2.45, 2.75) is 6.54 Å². The predicted molar refractivity (Wildman–Crippen MR) is 108 cm³/mol. The Labute approximate surface area is 171 Å². The van der Waals surface area contributed by atoms with Gasteiger partial charge in [0.25, 0.3) is 5.69 Å². The number of Topliss-reactive ketones (excluding diaryl/α,β-unsaturated/α-hetero) is 1. The van der Waals surface area contributed by atoms with Crippen molar-refractivity contribution >= 4 is 34.2 Å². The summed E-state index contributed by atoms with van der Waals surface area (Å²) >= 11 is 0. The summed E-state index contributed by atoms with van der Waals surface area (Å²) in [6.45, 7) is 0.0287. The molecule has 0 bridgehead atoms. The van der Waals surface area contributed by atoms with E-state index in [4.69, 9.17) is 0 Å². The Kier molecular flexibility index (Phi) is 8.30. The van der Waals surface area contributed by atoms with Crippen molar-refractivity contribution in [2.24, 2.45) is 0 Å². The molecule has 1 heterocycles. The first-order chi connectivity index (χ1) is 12.5. The molecule has 0 aliphatic carbocycles. The van der Waals surface area contributed by atoms with Crippen LogP contribution in [0, 0.1) is 10.1 Å². The number of carbonyl (C=O) groups is 2. The summed E-state index contributed by atoms with van der Waals surface area (Å²) in [7, 11) is 0. The second kappa shape index (κ2) is 10.2. The third kappa shape index (κ3) is 5.38. The normalized spacial score (nSPS) is 9.57. The number of hydrogen-bond acceptors (Lipinski definition) is 4. The third-order valence-electron chi connectivity index (χ3n) is 3.89. The number of hydrogen-bond donors (Lipinski definition) is 0. The van der Waals surface area contributed by atoms with Gasteiger partial charge in [-0.25, -0.2) is 0 Å². The third-order valence-corrected chi connectivity index (χ3v) is 3.89. The molecule has 0 atom stereocenters. The maximum Gasteiger partial charge on any atom is 0.270 e. The quantitative estimate of drug-likeness (QED) is 0.251. The minimum absolute atomic E-state index is 0. The molecule has 0 aliphatic rings. The van der Waals surface area contributed by atoms with Crippen LogP contribution in [0.1, 0.15) is 26.3 Å². The molecular weight excluding hydrogens is 428 g/mol. The van der Waals surface area contributed by atoms with Crippen molar-refractivity contribution in [3.05, 3.63) is 106 Å². The summed E-state index contributed by atoms with van der Waals surface area (Å²) in [5.74, 6) is -0.344. The first-order valence-corrected chi connectivity index (χ1v) is 7.91. The summed E-state index contributed by atoms with van der Waals surface area (Å²) in [6, 6.07) is 17.9. The molecule has 144 valence electrons. The number of rotatable bonds is 6. The number of nitrogens with zero attached hydrogens (tertiary/aromatic N) is 2. The summed E-state index contributed by atoms with van der Waals surface area (Å²) in [4.78, 5) is 35.0. The standard InChI is InChI=1S/C20H15N2O4.BrH.H2O/c23-19(17-7-4-8-18(13-17)22(25)26)14-21-11-9-16(10-12-21)20(24)15-5-2-1-3-6-15;;/h1-13H,14H2;1H;1H2/q+1;;. The van der Waals surface area contributed by atoms with E-state index in [-0.39, 0.29) is 51.8 Å². The van der Waals surface area contributed by atoms with Gasteiger partial charge < -0.3 is 5.48 Å². The van der Waals surface area contributed by atoms with E-state index >= 15 is 0 Å². The minimum Gasteiger partial charge on any atom is -0.412 e. The Bertz CT molecular complexity index is 975. The van der Waals surface area contributed by atoms with Gasteiger partial charge in [-0.15, -0.1) is 17.0 Å². The van der Waals surface area contributed by atoms with Gasteiger partial charge in [0, 0.05) is 41.0 Å². The zero-order valence-electron chi connectivity index (χ0n) is 14.6. The zero-order chi connectivity index (χ0) is 18.5. The molecule has 3 aromatic rings. The highest BCUT2D eigenvalue weighted by Crippen LogP contribution is 2.13. The topological polar surface area (TPSA) is 113 Å². The van der Waals surface area contributed by atoms with E-state index in [1.807, 2.05) is 6.07 Å². The number of halogens is 1. The van der Waals surface area contributed by atoms with E-state index in [9.17, 15) is 19.7 Å². The summed E-state index contributed by atoms with van der Waals surface area (Å²) in [5.41, 5.74) is 1.27. The lowest BCUT2D eigenvalue weighted by Gasteiger charge is -2.01. The lowest BCUT2D eigenvalue weighted by Crippen LogP contribution is -2.37. The SMILES string of the molecule is Br.O.O=C(C[n+]1ccc(C(=O)c2ccccc2)cc1)c1cccc([N+](=O)[O-])c1. The molecule has 28 heavy (non-hydrogen) atoms. The maximum absolute atomic E-state index is 12.4. The summed E-state index contributed by atoms with van der Waals surface area (Å²) in [6.07, 6.45) is 3.29. The number of pyridine rings is 1. The molecule has 7 nitrogen and oxygen atoms in total. The van der Waals surface area contributed by atoms with Crippen LogP contribution in [0.15, 0.2) is 79.1 Å². The average molecular weight is 446 g/mol. The van der Waals surface area contributed by atoms with E-state index < -0.39 is 4.92 Å². The van der Waals surface area contributed by atoms with Gasteiger partial charge in [-0.2, -0.15) is 4.57 Å². The van der Waals surface area contributed by atoms with Crippen LogP contribution in [0.3, 0.4) is 0 Å². The number of ketones is 2. The first kappa shape index (κ1) is 22.8. The highest BCUT2D eigenvalue weighted by atomic mass is 79.9. The fourth-order valence-corrected chi connectivity index (χ4v) is 2.52. The van der Waals surface area contributed by atoms with E-state index in [2.05, 4.69) is 0 Å². The molecule has 2 N–H and O–H groups in total. The Balaban J connectivity index is 0.00000196. The van der Waals surface area contributed by atoms with Gasteiger partial charge in [0.15, 0.2) is 18.2 Å². The summed E-state index contributed by atoms with van der Waals surface area (Å²) in [5, 5.41) is 10.8. The Morgan fingerprint density at radius 3 is 2.04 bits per heavy atom. The van der Waals surface area contributed by atoms with Crippen molar-refractivity contribution in [3.63, 3.8) is 0 Å². The van der Waals surface area contributed by atoms with Crippen LogP contribution in [0.25, 0.3) is 0 Å². The predicted octanol–water partition coefficient (Wildman–Crippen LogP) is 2.75. The number of benzene rings is 2. The van der Waals surface area contributed by atoms with Gasteiger partial charge in [-0.1, -0.05) is 42.5 Å². The molecule has 1 aromatic heterocycles. The van der Waals surface area contributed by atoms with Crippen molar-refractivity contribution in [2.75, 3.05) is 0 Å². The maximum atomic E-state index is 12.4. The zero-order valence-corrected chi connectivity index (χ0v) is 16.4. The van der Waals surface area contributed by atoms with Gasteiger partial charge in [0.05, 0.1) is 4.92 Å². The lowest BCUT2D eigenvalue weighted by molar-refractivity contribution is -0.683. The molecule has 0 saturated carbocycles. The molecule has 2 aromatic carbocycles. The van der Waals surface area contributed by atoms with Crippen molar-refractivity contribution < 1.29 is 24.6 Å². The minimum atomic E-state index is -0.534. The molecule has 3 rings (SSSR count). The van der Waals surface area contributed by atoms with Gasteiger partial charge in [-0.3, -0.25) is 19.7 Å². The van der Waals surface area contributed by atoms with Gasteiger partial charge >= 0.3 is 0 Å². The number of non-ortho nitro benzene ring substituents is 1. The monoisotopic (exact) mass is 445 g/mol. The van der Waals surface area contributed by atoms with Crippen LogP contribution in [-0.2, 0) is 6.54 Å². The Hall–Kier alpha value is -3.23. The highest BCUT2D eigenvalue weighted by Gasteiger charge is 2.16. The molecule has 0 aliphatic heterocycles. The fraction of sp³-hybridized carbons (Fsp3) is 0.0500. The average Bonchev–Trinajstić information content (AvgIpc) is 2.68. The molecule has 8 heteroatoms. The van der Waals surface area contributed by atoms with E-state index in [0.717, 1.165) is 0 Å². The smallest absolute Gasteiger partial charge is 0.270 e. The largest absolute Gasteiger partial charge is 0.412 e. The second-order valence-electron chi connectivity index (χ2n) is 5.68. The Morgan fingerprint density at radius 1 is 0.857 bits per heavy atom. The van der Waals surface area contributed by atoms with Crippen LogP contribution >= 0.6 is 17.0 Å². The van der Waals surface area contributed by atoms with Crippen molar-refractivity contribution in [1.29, 1.82) is 0 Å². The first-order valence-electron chi connectivity index (χ1n) is 7.91. The molecule has 0 amide bonds. The molecule has 0 spiro atoms. The van der Waals surface area contributed by atoms with Crippen LogP contribution in [0.2, 0.25) is 0 Å². The van der Waals surface area contributed by atoms with Crippen LogP contribution in [0.4, 0.5) is 5.69 Å². The number of nitro groups is 1. The van der Waals surface area contributed by atoms with Gasteiger partial charge in [0.2, 0.25) is 12.3 Å². The van der Waals surface area contributed by atoms with E-state index in [1.165, 1.54) is 18.2 Å². The van der Waals surface area contributed by atoms with E-state index in [0.29, 0.717) is 11.1 Å². The Morgan fingerprint density at radius 2 is 1.43 bits per heavy atom. The molecule has 0 fully saturated rings. The summed E-state index contributed by atoms with van der Waals surface area (Å²) < 4.78 is 1.63.